The van der Waals surface area contributed by atoms with Gasteiger partial charge in [-0.2, -0.15) is 0 Å². The Morgan fingerprint density at radius 3 is 2.81 bits per heavy atom. The summed E-state index contributed by atoms with van der Waals surface area (Å²) < 4.78 is 0. The molecular weight excluding hydrogens is 342 g/mol. The lowest BCUT2D eigenvalue weighted by atomic mass is 9.76. The molecule has 0 fully saturated rings. The summed E-state index contributed by atoms with van der Waals surface area (Å²) in [7, 11) is 0. The summed E-state index contributed by atoms with van der Waals surface area (Å²) in [4.78, 5) is 14.3. The van der Waals surface area contributed by atoms with E-state index in [9.17, 15) is 9.90 Å². The van der Waals surface area contributed by atoms with Crippen molar-refractivity contribution in [3.63, 3.8) is 0 Å². The molecule has 2 aromatic rings. The summed E-state index contributed by atoms with van der Waals surface area (Å²) in [6, 6.07) is 8.24. The summed E-state index contributed by atoms with van der Waals surface area (Å²) in [5.74, 6) is -0.788. The van der Waals surface area contributed by atoms with E-state index >= 15 is 0 Å². The smallest absolute Gasteiger partial charge is 0.337 e. The van der Waals surface area contributed by atoms with Crippen molar-refractivity contribution in [3.05, 3.63) is 45.8 Å². The number of fused-ring (bicyclic) bond motifs is 1. The molecule has 1 aromatic carbocycles. The highest BCUT2D eigenvalue weighted by Gasteiger charge is 2.33. The van der Waals surface area contributed by atoms with Gasteiger partial charge in [0.15, 0.2) is 0 Å². The Labute approximate surface area is 160 Å². The summed E-state index contributed by atoms with van der Waals surface area (Å²) in [5.41, 5.74) is 4.05. The zero-order valence-electron chi connectivity index (χ0n) is 16.0. The first-order chi connectivity index (χ1) is 12.4. The van der Waals surface area contributed by atoms with E-state index in [1.807, 2.05) is 12.1 Å². The third-order valence-electron chi connectivity index (χ3n) is 5.27. The Morgan fingerprint density at radius 1 is 1.31 bits per heavy atom. The van der Waals surface area contributed by atoms with Gasteiger partial charge >= 0.3 is 5.97 Å². The third-order valence-corrected chi connectivity index (χ3v) is 6.60. The Hall–Kier alpha value is -1.65. The molecule has 0 bridgehead atoms. The molecule has 1 aromatic heterocycles. The molecule has 26 heavy (non-hydrogen) atoms. The zero-order chi connectivity index (χ0) is 18.7. The summed E-state index contributed by atoms with van der Waals surface area (Å²) in [5, 5.41) is 13.5. The van der Waals surface area contributed by atoms with Crippen LogP contribution in [0.4, 0.5) is 0 Å². The summed E-state index contributed by atoms with van der Waals surface area (Å²) in [6.07, 6.45) is 5.30. The minimum atomic E-state index is -0.788. The number of hydrogen-bond acceptors (Lipinski definition) is 3. The van der Waals surface area contributed by atoms with E-state index in [-0.39, 0.29) is 5.41 Å². The molecule has 1 heterocycles. The van der Waals surface area contributed by atoms with Gasteiger partial charge in [0.05, 0.1) is 5.56 Å². The van der Waals surface area contributed by atoms with Crippen LogP contribution in [0.25, 0.3) is 10.4 Å². The van der Waals surface area contributed by atoms with E-state index in [0.717, 1.165) is 54.8 Å². The largest absolute Gasteiger partial charge is 0.478 e. The number of unbranched alkanes of at least 4 members (excludes halogenated alkanes) is 1. The van der Waals surface area contributed by atoms with Crippen molar-refractivity contribution in [2.45, 2.75) is 59.4 Å². The van der Waals surface area contributed by atoms with Crippen molar-refractivity contribution in [2.24, 2.45) is 5.41 Å². The number of aryl methyl sites for hydroxylation is 1. The fourth-order valence-corrected chi connectivity index (χ4v) is 5.13. The average Bonchev–Trinajstić information content (AvgIpc) is 2.96. The van der Waals surface area contributed by atoms with Gasteiger partial charge in [-0.25, -0.2) is 4.79 Å². The van der Waals surface area contributed by atoms with Crippen LogP contribution < -0.4 is 5.32 Å². The number of aromatic carboxylic acids is 1. The van der Waals surface area contributed by atoms with Crippen molar-refractivity contribution in [3.8, 4) is 10.4 Å². The van der Waals surface area contributed by atoms with E-state index < -0.39 is 5.97 Å². The minimum Gasteiger partial charge on any atom is -0.478 e. The standard InChI is InChI=1S/C22H29NO2S/c1-4-5-12-23-14-15-8-6-7-9-16(15)20-19(21(24)25)17-13-22(2,3)11-10-18(17)26-20/h6-9,23H,4-5,10-14H2,1-3H3,(H,24,25). The molecule has 140 valence electrons. The van der Waals surface area contributed by atoms with E-state index in [0.29, 0.717) is 5.56 Å². The van der Waals surface area contributed by atoms with E-state index in [2.05, 4.69) is 38.2 Å². The van der Waals surface area contributed by atoms with Crippen molar-refractivity contribution in [2.75, 3.05) is 6.54 Å². The second-order valence-corrected chi connectivity index (χ2v) is 9.15. The monoisotopic (exact) mass is 371 g/mol. The molecule has 0 saturated carbocycles. The summed E-state index contributed by atoms with van der Waals surface area (Å²) >= 11 is 1.69. The molecule has 0 atom stereocenters. The van der Waals surface area contributed by atoms with Gasteiger partial charge < -0.3 is 10.4 Å². The highest BCUT2D eigenvalue weighted by molar-refractivity contribution is 7.16. The first kappa shape index (κ1) is 19.1. The molecule has 0 spiro atoms. The quantitative estimate of drug-likeness (QED) is 0.630. The van der Waals surface area contributed by atoms with E-state index in [4.69, 9.17) is 0 Å². The van der Waals surface area contributed by atoms with Crippen LogP contribution in [0.5, 0.6) is 0 Å². The number of thiophene rings is 1. The fourth-order valence-electron chi connectivity index (χ4n) is 3.76. The lowest BCUT2D eigenvalue weighted by molar-refractivity contribution is 0.0696. The molecule has 0 amide bonds. The highest BCUT2D eigenvalue weighted by Crippen LogP contribution is 2.45. The predicted molar refractivity (Wildman–Crippen MR) is 109 cm³/mol. The number of rotatable bonds is 7. The van der Waals surface area contributed by atoms with E-state index in [1.54, 1.807) is 11.3 Å². The molecule has 0 aliphatic heterocycles. The predicted octanol–water partition coefficient (Wildman–Crippen LogP) is 5.52. The zero-order valence-corrected chi connectivity index (χ0v) is 16.8. The van der Waals surface area contributed by atoms with Gasteiger partial charge in [0.25, 0.3) is 0 Å². The SMILES string of the molecule is CCCCNCc1ccccc1-c1sc2c(c1C(=O)O)CC(C)(C)CC2. The number of benzene rings is 1. The normalized spacial score (nSPS) is 15.7. The minimum absolute atomic E-state index is 0.177. The second kappa shape index (κ2) is 7.93. The van der Waals surface area contributed by atoms with Crippen LogP contribution in [0, 0.1) is 5.41 Å². The number of carboxylic acids is 1. The van der Waals surface area contributed by atoms with Gasteiger partial charge in [-0.15, -0.1) is 11.3 Å². The Bertz CT molecular complexity index is 791. The van der Waals surface area contributed by atoms with Crippen molar-refractivity contribution < 1.29 is 9.90 Å². The molecular formula is C22H29NO2S. The maximum absolute atomic E-state index is 12.1. The molecule has 0 saturated heterocycles. The molecule has 3 nitrogen and oxygen atoms in total. The van der Waals surface area contributed by atoms with Crippen molar-refractivity contribution >= 4 is 17.3 Å². The highest BCUT2D eigenvalue weighted by atomic mass is 32.1. The van der Waals surface area contributed by atoms with Crippen LogP contribution in [0.1, 0.15) is 66.4 Å². The number of hydrogen-bond donors (Lipinski definition) is 2. The molecule has 2 N–H and O–H groups in total. The van der Waals surface area contributed by atoms with Gasteiger partial charge in [-0.3, -0.25) is 0 Å². The summed E-state index contributed by atoms with van der Waals surface area (Å²) in [6.45, 7) is 8.44. The van der Waals surface area contributed by atoms with Crippen molar-refractivity contribution in [1.82, 2.24) is 5.32 Å². The molecule has 0 radical (unpaired) electrons. The molecule has 3 rings (SSSR count). The fraction of sp³-hybridized carbons (Fsp3) is 0.500. The third kappa shape index (κ3) is 4.02. The van der Waals surface area contributed by atoms with Gasteiger partial charge in [-0.1, -0.05) is 51.5 Å². The van der Waals surface area contributed by atoms with Crippen LogP contribution in [-0.4, -0.2) is 17.6 Å². The average molecular weight is 372 g/mol. The Kier molecular flexibility index (Phi) is 5.83. The molecule has 0 unspecified atom stereocenters. The van der Waals surface area contributed by atoms with Crippen LogP contribution in [0.3, 0.4) is 0 Å². The lowest BCUT2D eigenvalue weighted by Crippen LogP contribution is -2.22. The number of carbonyl (C=O) groups is 1. The lowest BCUT2D eigenvalue weighted by Gasteiger charge is -2.29. The number of nitrogens with one attached hydrogen (secondary N) is 1. The van der Waals surface area contributed by atoms with Crippen LogP contribution in [0.2, 0.25) is 0 Å². The maximum atomic E-state index is 12.1. The molecule has 1 aliphatic rings. The van der Waals surface area contributed by atoms with Gasteiger partial charge in [0.1, 0.15) is 0 Å². The van der Waals surface area contributed by atoms with E-state index in [1.165, 1.54) is 16.9 Å². The maximum Gasteiger partial charge on any atom is 0.337 e. The topological polar surface area (TPSA) is 49.3 Å². The number of carboxylic acid groups (broad SMARTS) is 1. The Morgan fingerprint density at radius 2 is 2.08 bits per heavy atom. The van der Waals surface area contributed by atoms with Gasteiger partial charge in [-0.05, 0) is 54.3 Å². The van der Waals surface area contributed by atoms with Crippen LogP contribution >= 0.6 is 11.3 Å². The second-order valence-electron chi connectivity index (χ2n) is 8.04. The van der Waals surface area contributed by atoms with Crippen LogP contribution in [-0.2, 0) is 19.4 Å². The molecule has 1 aliphatic carbocycles. The Balaban J connectivity index is 2.00. The van der Waals surface area contributed by atoms with Crippen LogP contribution in [0.15, 0.2) is 24.3 Å². The molecule has 4 heteroatoms. The van der Waals surface area contributed by atoms with Crippen molar-refractivity contribution in [1.29, 1.82) is 0 Å². The first-order valence-electron chi connectivity index (χ1n) is 9.60. The van der Waals surface area contributed by atoms with Gasteiger partial charge in [0, 0.05) is 16.3 Å². The first-order valence-corrected chi connectivity index (χ1v) is 10.4. The van der Waals surface area contributed by atoms with Gasteiger partial charge in [0.2, 0.25) is 0 Å².